The summed E-state index contributed by atoms with van der Waals surface area (Å²) >= 11 is 1.28. The molecule has 0 aromatic rings. The molecule has 0 fully saturated rings. The van der Waals surface area contributed by atoms with Crippen LogP contribution in [-0.4, -0.2) is 22.9 Å². The SMILES string of the molecule is CS[PH](O)(OC(C)C)OC(C)(C)C. The summed E-state index contributed by atoms with van der Waals surface area (Å²) in [7, 11) is -3.01. The molecule has 0 atom stereocenters. The molecule has 0 unspecified atom stereocenters. The van der Waals surface area contributed by atoms with Crippen molar-refractivity contribution in [3.8, 4) is 0 Å². The first-order chi connectivity index (χ1) is 5.68. The molecule has 0 bridgehead atoms. The molecule has 0 aromatic heterocycles. The molecular weight excluding hydrogens is 207 g/mol. The third-order valence-electron chi connectivity index (χ3n) is 1.08. The van der Waals surface area contributed by atoms with Gasteiger partial charge < -0.3 is 0 Å². The molecule has 0 saturated heterocycles. The van der Waals surface area contributed by atoms with Crippen LogP contribution in [0.3, 0.4) is 0 Å². The van der Waals surface area contributed by atoms with Crippen LogP contribution in [0.15, 0.2) is 0 Å². The van der Waals surface area contributed by atoms with Gasteiger partial charge in [0.05, 0.1) is 0 Å². The fourth-order valence-electron chi connectivity index (χ4n) is 0.799. The Morgan fingerprint density at radius 2 is 1.77 bits per heavy atom. The van der Waals surface area contributed by atoms with Crippen LogP contribution in [0, 0.1) is 0 Å². The van der Waals surface area contributed by atoms with Crippen LogP contribution in [0.1, 0.15) is 34.6 Å². The Kier molecular flexibility index (Phi) is 5.19. The van der Waals surface area contributed by atoms with E-state index in [2.05, 4.69) is 0 Å². The zero-order chi connectivity index (χ0) is 10.7. The van der Waals surface area contributed by atoms with Gasteiger partial charge in [-0.1, -0.05) is 0 Å². The molecule has 5 heteroatoms. The van der Waals surface area contributed by atoms with Gasteiger partial charge in [-0.15, -0.1) is 0 Å². The van der Waals surface area contributed by atoms with E-state index in [9.17, 15) is 4.89 Å². The van der Waals surface area contributed by atoms with E-state index in [1.165, 1.54) is 11.4 Å². The van der Waals surface area contributed by atoms with E-state index < -0.39 is 7.15 Å². The van der Waals surface area contributed by atoms with E-state index in [0.29, 0.717) is 0 Å². The van der Waals surface area contributed by atoms with Crippen molar-refractivity contribution >= 4 is 18.5 Å². The van der Waals surface area contributed by atoms with Crippen molar-refractivity contribution < 1.29 is 13.9 Å². The molecule has 13 heavy (non-hydrogen) atoms. The van der Waals surface area contributed by atoms with Crippen molar-refractivity contribution in [2.75, 3.05) is 6.26 Å². The molecule has 0 rings (SSSR count). The zero-order valence-corrected chi connectivity index (χ0v) is 11.1. The summed E-state index contributed by atoms with van der Waals surface area (Å²) in [5, 5.41) is 0. The number of rotatable bonds is 4. The fourth-order valence-corrected chi connectivity index (χ4v) is 4.26. The van der Waals surface area contributed by atoms with Gasteiger partial charge in [0.15, 0.2) is 0 Å². The average Bonchev–Trinajstić information content (AvgIpc) is 1.81. The van der Waals surface area contributed by atoms with Crippen molar-refractivity contribution in [3.63, 3.8) is 0 Å². The Bertz CT molecular complexity index is 158. The van der Waals surface area contributed by atoms with E-state index in [0.717, 1.165) is 0 Å². The number of hydrogen-bond donors (Lipinski definition) is 1. The molecule has 0 aliphatic carbocycles. The Morgan fingerprint density at radius 3 is 2.00 bits per heavy atom. The van der Waals surface area contributed by atoms with Crippen molar-refractivity contribution in [2.24, 2.45) is 0 Å². The molecule has 0 radical (unpaired) electrons. The first-order valence-electron chi connectivity index (χ1n) is 4.34. The van der Waals surface area contributed by atoms with E-state index in [-0.39, 0.29) is 11.7 Å². The molecule has 0 aliphatic rings. The van der Waals surface area contributed by atoms with Gasteiger partial charge in [-0.3, -0.25) is 0 Å². The topological polar surface area (TPSA) is 38.7 Å². The van der Waals surface area contributed by atoms with Gasteiger partial charge in [0, 0.05) is 0 Å². The Labute approximate surface area is 85.5 Å². The predicted molar refractivity (Wildman–Crippen MR) is 61.1 cm³/mol. The Balaban J connectivity index is 4.28. The van der Waals surface area contributed by atoms with Gasteiger partial charge in [0.1, 0.15) is 0 Å². The van der Waals surface area contributed by atoms with Crippen LogP contribution in [0.25, 0.3) is 0 Å². The maximum absolute atomic E-state index is 9.98. The summed E-state index contributed by atoms with van der Waals surface area (Å²) in [5.74, 6) is 0. The summed E-state index contributed by atoms with van der Waals surface area (Å²) < 4.78 is 10.9. The standard InChI is InChI=1S/C8H21O3PS/c1-7(2)10-12(9,13-6)11-8(3,4)5/h7,9,12H,1-6H3. The van der Waals surface area contributed by atoms with Crippen molar-refractivity contribution in [1.82, 2.24) is 0 Å². The van der Waals surface area contributed by atoms with Crippen molar-refractivity contribution in [3.05, 3.63) is 0 Å². The quantitative estimate of drug-likeness (QED) is 0.751. The number of hydrogen-bond acceptors (Lipinski definition) is 4. The first-order valence-corrected chi connectivity index (χ1v) is 8.05. The van der Waals surface area contributed by atoms with Gasteiger partial charge in [-0.05, 0) is 0 Å². The van der Waals surface area contributed by atoms with Crippen LogP contribution >= 0.6 is 18.5 Å². The minimum absolute atomic E-state index is 0.00790. The summed E-state index contributed by atoms with van der Waals surface area (Å²) in [6.07, 6.45) is 1.80. The molecule has 3 nitrogen and oxygen atoms in total. The minimum atomic E-state index is -3.01. The monoisotopic (exact) mass is 228 g/mol. The normalized spacial score (nSPS) is 15.1. The average molecular weight is 228 g/mol. The van der Waals surface area contributed by atoms with Crippen molar-refractivity contribution in [1.29, 1.82) is 0 Å². The van der Waals surface area contributed by atoms with Gasteiger partial charge in [0.25, 0.3) is 0 Å². The van der Waals surface area contributed by atoms with E-state index in [4.69, 9.17) is 9.05 Å². The third-order valence-corrected chi connectivity index (χ3v) is 5.32. The summed E-state index contributed by atoms with van der Waals surface area (Å²) in [6, 6.07) is 0. The van der Waals surface area contributed by atoms with Gasteiger partial charge in [0.2, 0.25) is 0 Å². The molecule has 0 spiro atoms. The van der Waals surface area contributed by atoms with Gasteiger partial charge in [-0.2, -0.15) is 0 Å². The van der Waals surface area contributed by atoms with E-state index >= 15 is 0 Å². The first kappa shape index (κ1) is 13.7. The van der Waals surface area contributed by atoms with Crippen LogP contribution < -0.4 is 0 Å². The van der Waals surface area contributed by atoms with Gasteiger partial charge in [-0.25, -0.2) is 0 Å². The molecule has 0 aromatic carbocycles. The molecule has 0 aliphatic heterocycles. The van der Waals surface area contributed by atoms with Gasteiger partial charge >= 0.3 is 85.0 Å². The molecule has 0 amide bonds. The molecule has 0 heterocycles. The van der Waals surface area contributed by atoms with E-state index in [1.807, 2.05) is 34.6 Å². The van der Waals surface area contributed by atoms with Crippen LogP contribution in [0.2, 0.25) is 0 Å². The second kappa shape index (κ2) is 4.94. The Morgan fingerprint density at radius 1 is 1.31 bits per heavy atom. The summed E-state index contributed by atoms with van der Waals surface area (Å²) in [5.41, 5.74) is -0.362. The van der Waals surface area contributed by atoms with Crippen LogP contribution in [0.5, 0.6) is 0 Å². The Hall–Kier alpha value is 0.660. The fraction of sp³-hybridized carbons (Fsp3) is 1.00. The zero-order valence-electron chi connectivity index (χ0n) is 9.25. The maximum atomic E-state index is 9.98. The summed E-state index contributed by atoms with van der Waals surface area (Å²) in [6.45, 7) is 9.50. The third kappa shape index (κ3) is 6.69. The van der Waals surface area contributed by atoms with Crippen molar-refractivity contribution in [2.45, 2.75) is 46.3 Å². The van der Waals surface area contributed by atoms with Crippen LogP contribution in [0.4, 0.5) is 0 Å². The molecule has 82 valence electrons. The van der Waals surface area contributed by atoms with Crippen LogP contribution in [-0.2, 0) is 9.05 Å². The molecule has 0 saturated carbocycles. The second-order valence-electron chi connectivity index (χ2n) is 4.11. The molecule has 1 N–H and O–H groups in total. The van der Waals surface area contributed by atoms with E-state index in [1.54, 1.807) is 6.26 Å². The second-order valence-corrected chi connectivity index (χ2v) is 8.78. The summed E-state index contributed by atoms with van der Waals surface area (Å²) in [4.78, 5) is 9.98. The molecular formula is C8H21O3PS. The predicted octanol–water partition coefficient (Wildman–Crippen LogP) is 2.99.